The van der Waals surface area contributed by atoms with Gasteiger partial charge in [0.2, 0.25) is 0 Å². The number of hydrogen-bond acceptors (Lipinski definition) is 4. The van der Waals surface area contributed by atoms with E-state index in [9.17, 15) is 9.59 Å². The third-order valence-corrected chi connectivity index (χ3v) is 2.28. The number of rotatable bonds is 5. The summed E-state index contributed by atoms with van der Waals surface area (Å²) in [6.07, 6.45) is -0.0135. The molecule has 5 nitrogen and oxygen atoms in total. The molecule has 0 heterocycles. The summed E-state index contributed by atoms with van der Waals surface area (Å²) in [5, 5.41) is 8.72. The van der Waals surface area contributed by atoms with Crippen LogP contribution < -0.4 is 5.73 Å². The van der Waals surface area contributed by atoms with Gasteiger partial charge in [-0.2, -0.15) is 0 Å². The van der Waals surface area contributed by atoms with Gasteiger partial charge in [0.05, 0.1) is 11.7 Å². The number of aliphatic carboxylic acids is 1. The molecule has 1 aromatic carbocycles. The summed E-state index contributed by atoms with van der Waals surface area (Å²) in [4.78, 5) is 22.3. The van der Waals surface area contributed by atoms with Crippen LogP contribution >= 0.6 is 0 Å². The first-order valence-electron chi connectivity index (χ1n) is 5.68. The zero-order valence-corrected chi connectivity index (χ0v) is 10.4. The molecule has 5 heteroatoms. The van der Waals surface area contributed by atoms with E-state index >= 15 is 0 Å². The lowest BCUT2D eigenvalue weighted by atomic mass is 10.0. The molecule has 0 amide bonds. The lowest BCUT2D eigenvalue weighted by Crippen LogP contribution is -2.32. The van der Waals surface area contributed by atoms with E-state index in [1.165, 1.54) is 0 Å². The number of carbonyl (C=O) groups is 2. The van der Waals surface area contributed by atoms with E-state index in [-0.39, 0.29) is 12.5 Å². The summed E-state index contributed by atoms with van der Waals surface area (Å²) in [7, 11) is 0. The summed E-state index contributed by atoms with van der Waals surface area (Å²) in [5.74, 6) is -1.49. The highest BCUT2D eigenvalue weighted by molar-refractivity contribution is 5.89. The zero-order chi connectivity index (χ0) is 13.7. The second kappa shape index (κ2) is 6.16. The monoisotopic (exact) mass is 251 g/mol. The minimum atomic E-state index is -1.06. The topological polar surface area (TPSA) is 89.6 Å². The molecule has 0 aromatic heterocycles. The van der Waals surface area contributed by atoms with Gasteiger partial charge < -0.3 is 15.6 Å². The average molecular weight is 251 g/mol. The Hall–Kier alpha value is -1.88. The normalized spacial score (nSPS) is 12.2. The van der Waals surface area contributed by atoms with Crippen molar-refractivity contribution in [2.75, 3.05) is 0 Å². The van der Waals surface area contributed by atoms with Crippen molar-refractivity contribution in [2.24, 2.45) is 5.73 Å². The number of carboxylic acids is 1. The van der Waals surface area contributed by atoms with Crippen molar-refractivity contribution in [3.8, 4) is 0 Å². The maximum absolute atomic E-state index is 11.7. The highest BCUT2D eigenvalue weighted by Gasteiger charge is 2.14. The predicted octanol–water partition coefficient (Wildman–Crippen LogP) is 1.21. The van der Waals surface area contributed by atoms with Crippen LogP contribution in [-0.4, -0.2) is 29.2 Å². The highest BCUT2D eigenvalue weighted by Crippen LogP contribution is 2.10. The molecule has 18 heavy (non-hydrogen) atoms. The number of nitrogens with two attached hydrogens (primary N) is 1. The van der Waals surface area contributed by atoms with Gasteiger partial charge in [-0.1, -0.05) is 12.1 Å². The molecule has 1 rings (SSSR count). The van der Waals surface area contributed by atoms with Crippen molar-refractivity contribution in [2.45, 2.75) is 32.4 Å². The molecular weight excluding hydrogens is 234 g/mol. The third kappa shape index (κ3) is 4.18. The van der Waals surface area contributed by atoms with Crippen LogP contribution in [0.5, 0.6) is 0 Å². The van der Waals surface area contributed by atoms with Crippen molar-refractivity contribution >= 4 is 11.9 Å². The molecule has 0 bridgehead atoms. The van der Waals surface area contributed by atoms with Crippen LogP contribution in [0.15, 0.2) is 24.3 Å². The van der Waals surface area contributed by atoms with Gasteiger partial charge in [0.15, 0.2) is 0 Å². The van der Waals surface area contributed by atoms with Gasteiger partial charge in [-0.15, -0.1) is 0 Å². The van der Waals surface area contributed by atoms with Gasteiger partial charge in [0.25, 0.3) is 0 Å². The van der Waals surface area contributed by atoms with Crippen LogP contribution in [-0.2, 0) is 16.0 Å². The van der Waals surface area contributed by atoms with Crippen molar-refractivity contribution in [3.63, 3.8) is 0 Å². The van der Waals surface area contributed by atoms with E-state index < -0.39 is 18.0 Å². The minimum Gasteiger partial charge on any atom is -0.480 e. The summed E-state index contributed by atoms with van der Waals surface area (Å²) in [6.45, 7) is 3.53. The van der Waals surface area contributed by atoms with Crippen LogP contribution in [0, 0.1) is 0 Å². The van der Waals surface area contributed by atoms with E-state index in [1.54, 1.807) is 38.1 Å². The molecule has 0 saturated carbocycles. The first kappa shape index (κ1) is 14.2. The van der Waals surface area contributed by atoms with E-state index in [0.717, 1.165) is 0 Å². The first-order valence-corrected chi connectivity index (χ1v) is 5.68. The van der Waals surface area contributed by atoms with Gasteiger partial charge >= 0.3 is 11.9 Å². The molecule has 1 atom stereocenters. The van der Waals surface area contributed by atoms with E-state index in [0.29, 0.717) is 11.1 Å². The Morgan fingerprint density at radius 2 is 2.06 bits per heavy atom. The molecule has 0 aliphatic carbocycles. The molecule has 1 unspecified atom stereocenters. The maximum Gasteiger partial charge on any atom is 0.338 e. The van der Waals surface area contributed by atoms with Crippen molar-refractivity contribution < 1.29 is 19.4 Å². The molecule has 0 spiro atoms. The van der Waals surface area contributed by atoms with Gasteiger partial charge in [0, 0.05) is 0 Å². The molecule has 0 aliphatic rings. The standard InChI is InChI=1S/C13H17NO4/c1-8(2)18-13(17)10-5-3-4-9(6-10)7-11(14)12(15)16/h3-6,8,11H,7,14H2,1-2H3,(H,15,16). The second-order valence-electron chi connectivity index (χ2n) is 4.30. The van der Waals surface area contributed by atoms with Gasteiger partial charge in [-0.05, 0) is 38.0 Å². The van der Waals surface area contributed by atoms with E-state index in [2.05, 4.69) is 0 Å². The first-order chi connectivity index (χ1) is 8.40. The Bertz CT molecular complexity index is 442. The molecule has 3 N–H and O–H groups in total. The zero-order valence-electron chi connectivity index (χ0n) is 10.4. The summed E-state index contributed by atoms with van der Waals surface area (Å²) in [5.41, 5.74) is 6.54. The number of carboxylic acid groups (broad SMARTS) is 1. The van der Waals surface area contributed by atoms with Crippen molar-refractivity contribution in [1.29, 1.82) is 0 Å². The smallest absolute Gasteiger partial charge is 0.338 e. The fourth-order valence-corrected chi connectivity index (χ4v) is 1.45. The Morgan fingerprint density at radius 3 is 2.61 bits per heavy atom. The summed E-state index contributed by atoms with van der Waals surface area (Å²) in [6, 6.07) is 5.67. The van der Waals surface area contributed by atoms with Crippen LogP contribution in [0.3, 0.4) is 0 Å². The maximum atomic E-state index is 11.7. The molecule has 0 saturated heterocycles. The molecule has 0 aliphatic heterocycles. The number of esters is 1. The van der Waals surface area contributed by atoms with Crippen LogP contribution in [0.2, 0.25) is 0 Å². The van der Waals surface area contributed by atoms with Crippen LogP contribution in [0.1, 0.15) is 29.8 Å². The van der Waals surface area contributed by atoms with Crippen molar-refractivity contribution in [1.82, 2.24) is 0 Å². The fraction of sp³-hybridized carbons (Fsp3) is 0.385. The lowest BCUT2D eigenvalue weighted by Gasteiger charge is -2.10. The molecule has 1 aromatic rings. The largest absolute Gasteiger partial charge is 0.480 e. The summed E-state index contributed by atoms with van der Waals surface area (Å²) >= 11 is 0. The number of benzene rings is 1. The second-order valence-corrected chi connectivity index (χ2v) is 4.30. The number of carbonyl (C=O) groups excluding carboxylic acids is 1. The number of hydrogen-bond donors (Lipinski definition) is 2. The van der Waals surface area contributed by atoms with Crippen LogP contribution in [0.4, 0.5) is 0 Å². The Kier molecular flexibility index (Phi) is 4.85. The Labute approximate surface area is 106 Å². The lowest BCUT2D eigenvalue weighted by molar-refractivity contribution is -0.138. The van der Waals surface area contributed by atoms with Gasteiger partial charge in [0.1, 0.15) is 6.04 Å². The van der Waals surface area contributed by atoms with Gasteiger partial charge in [-0.3, -0.25) is 4.79 Å². The quantitative estimate of drug-likeness (QED) is 0.768. The van der Waals surface area contributed by atoms with Crippen molar-refractivity contribution in [3.05, 3.63) is 35.4 Å². The minimum absolute atomic E-state index is 0.179. The Morgan fingerprint density at radius 1 is 1.39 bits per heavy atom. The predicted molar refractivity (Wildman–Crippen MR) is 66.3 cm³/mol. The van der Waals surface area contributed by atoms with Crippen LogP contribution in [0.25, 0.3) is 0 Å². The molecular formula is C13H17NO4. The third-order valence-electron chi connectivity index (χ3n) is 2.28. The molecule has 98 valence electrons. The molecule has 0 fully saturated rings. The Balaban J connectivity index is 2.79. The highest BCUT2D eigenvalue weighted by atomic mass is 16.5. The average Bonchev–Trinajstić information content (AvgIpc) is 2.28. The fourth-order valence-electron chi connectivity index (χ4n) is 1.45. The SMILES string of the molecule is CC(C)OC(=O)c1cccc(CC(N)C(=O)O)c1. The van der Waals surface area contributed by atoms with Gasteiger partial charge in [-0.25, -0.2) is 4.79 Å². The number of ether oxygens (including phenoxy) is 1. The van der Waals surface area contributed by atoms with E-state index in [1.807, 2.05) is 0 Å². The molecule has 0 radical (unpaired) electrons. The summed E-state index contributed by atoms with van der Waals surface area (Å²) < 4.78 is 5.06. The van der Waals surface area contributed by atoms with E-state index in [4.69, 9.17) is 15.6 Å².